The lowest BCUT2D eigenvalue weighted by atomic mass is 9.76. The summed E-state index contributed by atoms with van der Waals surface area (Å²) in [5, 5.41) is 0. The Kier molecular flexibility index (Phi) is 3.75. The molecule has 0 aromatic carbocycles. The molecule has 0 radical (unpaired) electrons. The Morgan fingerprint density at radius 1 is 0.765 bits per heavy atom. The van der Waals surface area contributed by atoms with E-state index in [-0.39, 0.29) is 0 Å². The van der Waals surface area contributed by atoms with Gasteiger partial charge in [-0.15, -0.1) is 0 Å². The fraction of sp³-hybridized carbons (Fsp3) is 1.00. The van der Waals surface area contributed by atoms with Gasteiger partial charge in [0.1, 0.15) is 0 Å². The molecular weight excluding hydrogens is 206 g/mol. The smallest absolute Gasteiger partial charge is 0.0100 e. The van der Waals surface area contributed by atoms with Gasteiger partial charge in [-0.25, -0.2) is 0 Å². The van der Waals surface area contributed by atoms with Crippen LogP contribution in [0.1, 0.15) is 64.7 Å². The predicted octanol–water partition coefficient (Wildman–Crippen LogP) is 4.08. The minimum Gasteiger partial charge on any atom is -0.300 e. The van der Waals surface area contributed by atoms with Gasteiger partial charge in [-0.2, -0.15) is 0 Å². The van der Waals surface area contributed by atoms with Crippen LogP contribution in [0.25, 0.3) is 0 Å². The van der Waals surface area contributed by atoms with E-state index in [0.717, 1.165) is 23.8 Å². The number of piperidine rings is 1. The maximum Gasteiger partial charge on any atom is 0.0100 e. The van der Waals surface area contributed by atoms with Gasteiger partial charge in [0, 0.05) is 6.04 Å². The van der Waals surface area contributed by atoms with Crippen molar-refractivity contribution in [2.45, 2.75) is 70.8 Å². The van der Waals surface area contributed by atoms with E-state index in [4.69, 9.17) is 0 Å². The molecular formula is C16H29N. The second-order valence-corrected chi connectivity index (χ2v) is 7.10. The van der Waals surface area contributed by atoms with Gasteiger partial charge < -0.3 is 4.90 Å². The monoisotopic (exact) mass is 235 g/mol. The minimum absolute atomic E-state index is 0.962. The molecule has 3 aliphatic rings. The maximum absolute atomic E-state index is 2.85. The van der Waals surface area contributed by atoms with Crippen LogP contribution >= 0.6 is 0 Å². The van der Waals surface area contributed by atoms with E-state index in [0.29, 0.717) is 0 Å². The molecule has 1 aliphatic heterocycles. The normalized spacial score (nSPS) is 41.1. The van der Waals surface area contributed by atoms with Crippen LogP contribution < -0.4 is 0 Å². The summed E-state index contributed by atoms with van der Waals surface area (Å²) < 4.78 is 0. The summed E-state index contributed by atoms with van der Waals surface area (Å²) in [5.41, 5.74) is 0. The van der Waals surface area contributed by atoms with Crippen LogP contribution in [0.2, 0.25) is 0 Å². The van der Waals surface area contributed by atoms with Crippen molar-refractivity contribution >= 4 is 0 Å². The summed E-state index contributed by atoms with van der Waals surface area (Å²) in [6, 6.07) is 0.962. The van der Waals surface area contributed by atoms with E-state index in [2.05, 4.69) is 11.8 Å². The minimum atomic E-state index is 0.962. The first kappa shape index (κ1) is 12.0. The molecule has 17 heavy (non-hydrogen) atoms. The molecule has 0 spiro atoms. The van der Waals surface area contributed by atoms with Crippen molar-refractivity contribution in [1.82, 2.24) is 4.90 Å². The highest BCUT2D eigenvalue weighted by molar-refractivity contribution is 4.88. The Labute approximate surface area is 107 Å². The molecule has 0 N–H and O–H groups in total. The predicted molar refractivity (Wildman–Crippen MR) is 73.1 cm³/mol. The summed E-state index contributed by atoms with van der Waals surface area (Å²) in [4.78, 5) is 2.85. The highest BCUT2D eigenvalue weighted by Crippen LogP contribution is 2.40. The molecule has 1 heteroatoms. The van der Waals surface area contributed by atoms with Gasteiger partial charge in [0.15, 0.2) is 0 Å². The van der Waals surface area contributed by atoms with Gasteiger partial charge in [-0.05, 0) is 62.9 Å². The Balaban J connectivity index is 1.60. The fourth-order valence-electron chi connectivity index (χ4n) is 4.56. The van der Waals surface area contributed by atoms with Crippen LogP contribution in [-0.4, -0.2) is 24.0 Å². The second kappa shape index (κ2) is 5.30. The lowest BCUT2D eigenvalue weighted by Gasteiger charge is -2.42. The van der Waals surface area contributed by atoms with Gasteiger partial charge >= 0.3 is 0 Å². The number of rotatable bonds is 1. The van der Waals surface area contributed by atoms with Crippen molar-refractivity contribution in [3.63, 3.8) is 0 Å². The quantitative estimate of drug-likeness (QED) is 0.662. The molecule has 3 rings (SSSR count). The molecule has 2 saturated carbocycles. The first-order chi connectivity index (χ1) is 8.31. The van der Waals surface area contributed by atoms with Gasteiger partial charge in [0.25, 0.3) is 0 Å². The van der Waals surface area contributed by atoms with Crippen LogP contribution in [0.3, 0.4) is 0 Å². The third kappa shape index (κ3) is 2.86. The molecule has 98 valence electrons. The van der Waals surface area contributed by atoms with Gasteiger partial charge in [0.05, 0.1) is 0 Å². The van der Waals surface area contributed by atoms with Crippen LogP contribution in [0.5, 0.6) is 0 Å². The van der Waals surface area contributed by atoms with Crippen LogP contribution in [0, 0.1) is 17.8 Å². The maximum atomic E-state index is 2.85. The Bertz CT molecular complexity index is 228. The van der Waals surface area contributed by atoms with E-state index in [1.807, 2.05) is 0 Å². The molecule has 1 unspecified atom stereocenters. The summed E-state index contributed by atoms with van der Waals surface area (Å²) in [6.07, 6.45) is 13.7. The standard InChI is InChI=1S/C16H29N/c1-13-6-8-17(9-7-13)16-11-14-4-2-3-5-15(10-14)12-16/h13-16H,2-12H2,1H3/t14-,15+,16?. The first-order valence-electron chi connectivity index (χ1n) is 8.05. The Morgan fingerprint density at radius 3 is 1.94 bits per heavy atom. The van der Waals surface area contributed by atoms with Crippen molar-refractivity contribution in [1.29, 1.82) is 0 Å². The van der Waals surface area contributed by atoms with E-state index in [1.54, 1.807) is 6.42 Å². The summed E-state index contributed by atoms with van der Waals surface area (Å²) in [6.45, 7) is 5.22. The van der Waals surface area contributed by atoms with E-state index in [1.165, 1.54) is 64.5 Å². The fourth-order valence-corrected chi connectivity index (χ4v) is 4.56. The summed E-state index contributed by atoms with van der Waals surface area (Å²) in [5.74, 6) is 3.15. The third-order valence-electron chi connectivity index (χ3n) is 5.69. The molecule has 1 nitrogen and oxygen atoms in total. The van der Waals surface area contributed by atoms with Crippen molar-refractivity contribution in [2.24, 2.45) is 17.8 Å². The summed E-state index contributed by atoms with van der Waals surface area (Å²) in [7, 11) is 0. The van der Waals surface area contributed by atoms with Gasteiger partial charge in [-0.3, -0.25) is 0 Å². The van der Waals surface area contributed by atoms with Crippen molar-refractivity contribution in [2.75, 3.05) is 13.1 Å². The Morgan fingerprint density at radius 2 is 1.35 bits per heavy atom. The van der Waals surface area contributed by atoms with Gasteiger partial charge in [0.2, 0.25) is 0 Å². The SMILES string of the molecule is CC1CCN(C2C[C@H]3CCCC[C@@H](C2)C3)CC1. The average molecular weight is 235 g/mol. The molecule has 0 amide bonds. The van der Waals surface area contributed by atoms with E-state index >= 15 is 0 Å². The number of hydrogen-bond donors (Lipinski definition) is 0. The zero-order chi connectivity index (χ0) is 11.7. The molecule has 0 aromatic heterocycles. The van der Waals surface area contributed by atoms with Crippen LogP contribution in [-0.2, 0) is 0 Å². The second-order valence-electron chi connectivity index (χ2n) is 7.10. The number of fused-ring (bicyclic) bond motifs is 2. The largest absolute Gasteiger partial charge is 0.300 e. The van der Waals surface area contributed by atoms with E-state index in [9.17, 15) is 0 Å². The zero-order valence-electron chi connectivity index (χ0n) is 11.5. The number of likely N-dealkylation sites (tertiary alicyclic amines) is 1. The third-order valence-corrected chi connectivity index (χ3v) is 5.69. The van der Waals surface area contributed by atoms with Gasteiger partial charge in [-0.1, -0.05) is 32.6 Å². The van der Waals surface area contributed by atoms with Crippen molar-refractivity contribution in [3.8, 4) is 0 Å². The lowest BCUT2D eigenvalue weighted by Crippen LogP contribution is -2.44. The van der Waals surface area contributed by atoms with Crippen LogP contribution in [0.4, 0.5) is 0 Å². The van der Waals surface area contributed by atoms with Crippen LogP contribution in [0.15, 0.2) is 0 Å². The molecule has 2 aliphatic carbocycles. The molecule has 1 heterocycles. The molecule has 1 saturated heterocycles. The topological polar surface area (TPSA) is 3.24 Å². The zero-order valence-corrected chi connectivity index (χ0v) is 11.5. The molecule has 0 aromatic rings. The molecule has 3 fully saturated rings. The lowest BCUT2D eigenvalue weighted by molar-refractivity contribution is 0.0722. The van der Waals surface area contributed by atoms with E-state index < -0.39 is 0 Å². The first-order valence-corrected chi connectivity index (χ1v) is 8.05. The highest BCUT2D eigenvalue weighted by Gasteiger charge is 2.34. The molecule has 2 bridgehead atoms. The number of hydrogen-bond acceptors (Lipinski definition) is 1. The Hall–Kier alpha value is -0.0400. The van der Waals surface area contributed by atoms with Crippen molar-refractivity contribution < 1.29 is 0 Å². The highest BCUT2D eigenvalue weighted by atomic mass is 15.2. The number of nitrogens with zero attached hydrogens (tertiary/aromatic N) is 1. The van der Waals surface area contributed by atoms with Crippen molar-refractivity contribution in [3.05, 3.63) is 0 Å². The molecule has 3 atom stereocenters. The average Bonchev–Trinajstić information content (AvgIpc) is 2.51. The summed E-state index contributed by atoms with van der Waals surface area (Å²) >= 11 is 0.